The maximum atomic E-state index is 3.60. The molecule has 1 fully saturated rings. The summed E-state index contributed by atoms with van der Waals surface area (Å²) in [5.74, 6) is 0. The predicted molar refractivity (Wildman–Crippen MR) is 85.8 cm³/mol. The van der Waals surface area contributed by atoms with Gasteiger partial charge in [-0.15, -0.1) is 0 Å². The van der Waals surface area contributed by atoms with E-state index >= 15 is 0 Å². The van der Waals surface area contributed by atoms with Crippen molar-refractivity contribution in [3.63, 3.8) is 0 Å². The SMILES string of the molecule is CCNCc1ccc(Br)cc1N1CCC(N(C)C)C1. The Balaban J connectivity index is 2.16. The summed E-state index contributed by atoms with van der Waals surface area (Å²) in [6.07, 6.45) is 1.25. The number of hydrogen-bond acceptors (Lipinski definition) is 3. The van der Waals surface area contributed by atoms with Gasteiger partial charge in [0.2, 0.25) is 0 Å². The Morgan fingerprint density at radius 2 is 2.21 bits per heavy atom. The van der Waals surface area contributed by atoms with Crippen LogP contribution in [0.1, 0.15) is 18.9 Å². The number of halogens is 1. The van der Waals surface area contributed by atoms with Gasteiger partial charge in [0.15, 0.2) is 0 Å². The summed E-state index contributed by atoms with van der Waals surface area (Å²) >= 11 is 3.60. The van der Waals surface area contributed by atoms with E-state index in [9.17, 15) is 0 Å². The lowest BCUT2D eigenvalue weighted by Gasteiger charge is -2.24. The van der Waals surface area contributed by atoms with Crippen molar-refractivity contribution in [3.05, 3.63) is 28.2 Å². The van der Waals surface area contributed by atoms with E-state index in [0.29, 0.717) is 6.04 Å². The normalized spacial score (nSPS) is 19.4. The summed E-state index contributed by atoms with van der Waals surface area (Å²) in [6, 6.07) is 7.29. The molecule has 1 aromatic rings. The number of hydrogen-bond donors (Lipinski definition) is 1. The third-order valence-electron chi connectivity index (χ3n) is 3.85. The van der Waals surface area contributed by atoms with Crippen molar-refractivity contribution in [3.8, 4) is 0 Å². The molecule has 1 heterocycles. The van der Waals surface area contributed by atoms with Crippen LogP contribution < -0.4 is 10.2 Å². The molecule has 0 aliphatic carbocycles. The van der Waals surface area contributed by atoms with Crippen LogP contribution in [0, 0.1) is 0 Å². The van der Waals surface area contributed by atoms with Gasteiger partial charge in [-0.1, -0.05) is 28.9 Å². The summed E-state index contributed by atoms with van der Waals surface area (Å²) in [5, 5.41) is 3.43. The lowest BCUT2D eigenvalue weighted by molar-refractivity contribution is 0.315. The Hall–Kier alpha value is -0.580. The summed E-state index contributed by atoms with van der Waals surface area (Å²) in [6.45, 7) is 6.38. The van der Waals surface area contributed by atoms with Gasteiger partial charge in [0, 0.05) is 35.8 Å². The monoisotopic (exact) mass is 325 g/mol. The Labute approximate surface area is 125 Å². The minimum atomic E-state index is 0.672. The van der Waals surface area contributed by atoms with Gasteiger partial charge >= 0.3 is 0 Å². The molecule has 0 radical (unpaired) electrons. The van der Waals surface area contributed by atoms with Crippen molar-refractivity contribution >= 4 is 21.6 Å². The molecule has 1 unspecified atom stereocenters. The summed E-state index contributed by atoms with van der Waals surface area (Å²) < 4.78 is 1.16. The number of likely N-dealkylation sites (N-methyl/N-ethyl adjacent to an activating group) is 1. The number of nitrogens with zero attached hydrogens (tertiary/aromatic N) is 2. The summed E-state index contributed by atoms with van der Waals surface area (Å²) in [7, 11) is 4.35. The van der Waals surface area contributed by atoms with Crippen LogP contribution in [0.5, 0.6) is 0 Å². The molecule has 0 saturated carbocycles. The van der Waals surface area contributed by atoms with Crippen molar-refractivity contribution in [2.45, 2.75) is 25.9 Å². The van der Waals surface area contributed by atoms with E-state index in [4.69, 9.17) is 0 Å². The molecule has 1 N–H and O–H groups in total. The second-order valence-corrected chi connectivity index (χ2v) is 6.32. The fraction of sp³-hybridized carbons (Fsp3) is 0.600. The highest BCUT2D eigenvalue weighted by molar-refractivity contribution is 9.10. The zero-order chi connectivity index (χ0) is 13.8. The zero-order valence-electron chi connectivity index (χ0n) is 12.1. The molecule has 1 saturated heterocycles. The van der Waals surface area contributed by atoms with Crippen molar-refractivity contribution in [1.82, 2.24) is 10.2 Å². The van der Waals surface area contributed by atoms with Crippen LogP contribution in [0.3, 0.4) is 0 Å². The lowest BCUT2D eigenvalue weighted by Crippen LogP contribution is -2.32. The van der Waals surface area contributed by atoms with Crippen LogP contribution in [0.4, 0.5) is 5.69 Å². The average molecular weight is 326 g/mol. The Morgan fingerprint density at radius 3 is 2.84 bits per heavy atom. The predicted octanol–water partition coefficient (Wildman–Crippen LogP) is 2.70. The summed E-state index contributed by atoms with van der Waals surface area (Å²) in [4.78, 5) is 4.85. The third kappa shape index (κ3) is 3.71. The number of rotatable bonds is 5. The fourth-order valence-electron chi connectivity index (χ4n) is 2.62. The molecule has 2 rings (SSSR count). The minimum absolute atomic E-state index is 0.672. The number of anilines is 1. The molecular weight excluding hydrogens is 302 g/mol. The molecule has 106 valence electrons. The summed E-state index contributed by atoms with van der Waals surface area (Å²) in [5.41, 5.74) is 2.77. The second kappa shape index (κ2) is 6.73. The quantitative estimate of drug-likeness (QED) is 0.898. The van der Waals surface area contributed by atoms with Crippen LogP contribution in [-0.4, -0.2) is 44.7 Å². The van der Waals surface area contributed by atoms with Gasteiger partial charge in [0.25, 0.3) is 0 Å². The van der Waals surface area contributed by atoms with E-state index in [2.05, 4.69) is 70.3 Å². The van der Waals surface area contributed by atoms with Gasteiger partial charge in [-0.2, -0.15) is 0 Å². The first kappa shape index (κ1) is 14.8. The Bertz CT molecular complexity index is 420. The number of nitrogens with one attached hydrogen (secondary N) is 1. The molecule has 4 heteroatoms. The van der Waals surface area contributed by atoms with Crippen molar-refractivity contribution in [2.24, 2.45) is 0 Å². The van der Waals surface area contributed by atoms with Crippen molar-refractivity contribution < 1.29 is 0 Å². The van der Waals surface area contributed by atoms with Gasteiger partial charge in [0.05, 0.1) is 0 Å². The van der Waals surface area contributed by atoms with Crippen molar-refractivity contribution in [1.29, 1.82) is 0 Å². The van der Waals surface area contributed by atoms with Crippen LogP contribution in [0.15, 0.2) is 22.7 Å². The maximum absolute atomic E-state index is 3.60. The van der Waals surface area contributed by atoms with E-state index in [1.165, 1.54) is 17.7 Å². The smallest absolute Gasteiger partial charge is 0.0423 e. The molecule has 0 spiro atoms. The van der Waals surface area contributed by atoms with Crippen molar-refractivity contribution in [2.75, 3.05) is 38.6 Å². The minimum Gasteiger partial charge on any atom is -0.370 e. The highest BCUT2D eigenvalue weighted by Crippen LogP contribution is 2.29. The van der Waals surface area contributed by atoms with E-state index < -0.39 is 0 Å². The molecular formula is C15H24BrN3. The second-order valence-electron chi connectivity index (χ2n) is 5.41. The Morgan fingerprint density at radius 1 is 1.42 bits per heavy atom. The molecule has 1 atom stereocenters. The molecule has 0 aromatic heterocycles. The number of benzene rings is 1. The van der Waals surface area contributed by atoms with Crippen LogP contribution in [0.2, 0.25) is 0 Å². The Kier molecular flexibility index (Phi) is 5.25. The molecule has 0 bridgehead atoms. The van der Waals surface area contributed by atoms with Crippen LogP contribution in [-0.2, 0) is 6.54 Å². The van der Waals surface area contributed by atoms with Gasteiger partial charge in [-0.25, -0.2) is 0 Å². The van der Waals surface area contributed by atoms with Gasteiger partial charge < -0.3 is 15.1 Å². The third-order valence-corrected chi connectivity index (χ3v) is 4.34. The van der Waals surface area contributed by atoms with E-state index in [1.54, 1.807) is 0 Å². The standard InChI is InChI=1S/C15H24BrN3/c1-4-17-10-12-5-6-13(16)9-15(12)19-8-7-14(11-19)18(2)3/h5-6,9,14,17H,4,7-8,10-11H2,1-3H3. The van der Waals surface area contributed by atoms with Crippen LogP contribution in [0.25, 0.3) is 0 Å². The molecule has 1 aromatic carbocycles. The molecule has 3 nitrogen and oxygen atoms in total. The van der Waals surface area contributed by atoms with E-state index in [0.717, 1.165) is 30.7 Å². The van der Waals surface area contributed by atoms with Gasteiger partial charge in [-0.3, -0.25) is 0 Å². The lowest BCUT2D eigenvalue weighted by atomic mass is 10.1. The molecule has 1 aliphatic rings. The molecule has 1 aliphatic heterocycles. The molecule has 0 amide bonds. The molecule has 19 heavy (non-hydrogen) atoms. The first-order valence-corrected chi connectivity index (χ1v) is 7.81. The van der Waals surface area contributed by atoms with E-state index in [-0.39, 0.29) is 0 Å². The highest BCUT2D eigenvalue weighted by Gasteiger charge is 2.25. The zero-order valence-corrected chi connectivity index (χ0v) is 13.7. The first-order chi connectivity index (χ1) is 9.11. The highest BCUT2D eigenvalue weighted by atomic mass is 79.9. The van der Waals surface area contributed by atoms with Crippen LogP contribution >= 0.6 is 15.9 Å². The van der Waals surface area contributed by atoms with Gasteiger partial charge in [0.1, 0.15) is 0 Å². The van der Waals surface area contributed by atoms with Gasteiger partial charge in [-0.05, 0) is 44.8 Å². The van der Waals surface area contributed by atoms with E-state index in [1.807, 2.05) is 0 Å². The average Bonchev–Trinajstić information content (AvgIpc) is 2.87. The fourth-order valence-corrected chi connectivity index (χ4v) is 2.97. The first-order valence-electron chi connectivity index (χ1n) is 7.02. The maximum Gasteiger partial charge on any atom is 0.0423 e. The largest absolute Gasteiger partial charge is 0.370 e. The topological polar surface area (TPSA) is 18.5 Å².